The van der Waals surface area contributed by atoms with Gasteiger partial charge in [-0.1, -0.05) is 36.3 Å². The number of hydrogen-bond acceptors (Lipinski definition) is 9. The Hall–Kier alpha value is -3.47. The number of benzene rings is 1. The summed E-state index contributed by atoms with van der Waals surface area (Å²) in [5, 5.41) is 21.6. The molecular formula is C27H35N7O4S. The average molecular weight is 554 g/mol. The summed E-state index contributed by atoms with van der Waals surface area (Å²) >= 11 is 1.74. The van der Waals surface area contributed by atoms with Crippen LogP contribution in [0.2, 0.25) is 0 Å². The molecule has 1 aliphatic carbocycles. The standard InChI is InChI=1S/C26H34N6O4S.CHN/c1-37-31-13-11-30(12-14-31)22-15-23(24(33)29-21-9-6-19(7-10-21)26(35)36)32(16-22)25(34)18-3-2-4-20(8-5-18)28-17-27;1-2/h2-10,20,22-23,28H,11-17,27H2,1H3,(H,29,33)(H,35,36);1H. The molecule has 3 unspecified atom stereocenters. The zero-order chi connectivity index (χ0) is 28.4. The molecular weight excluding hydrogens is 518 g/mol. The molecule has 2 aliphatic heterocycles. The van der Waals surface area contributed by atoms with Crippen molar-refractivity contribution in [3.05, 3.63) is 65.8 Å². The normalized spacial score (nSPS) is 23.3. The Morgan fingerprint density at radius 3 is 2.44 bits per heavy atom. The van der Waals surface area contributed by atoms with Crippen LogP contribution < -0.4 is 16.4 Å². The van der Waals surface area contributed by atoms with Crippen LogP contribution in [0.3, 0.4) is 0 Å². The Labute approximate surface area is 233 Å². The summed E-state index contributed by atoms with van der Waals surface area (Å²) in [6, 6.07) is 5.39. The summed E-state index contributed by atoms with van der Waals surface area (Å²) in [6.45, 7) is 7.93. The second-order valence-corrected chi connectivity index (χ2v) is 10.1. The fraction of sp³-hybridized carbons (Fsp3) is 0.407. The van der Waals surface area contributed by atoms with Crippen molar-refractivity contribution in [1.82, 2.24) is 19.4 Å². The zero-order valence-electron chi connectivity index (χ0n) is 21.9. The Bertz CT molecular complexity index is 1130. The van der Waals surface area contributed by atoms with Crippen LogP contribution in [0.15, 0.2) is 60.2 Å². The number of allylic oxidation sites excluding steroid dienone is 2. The van der Waals surface area contributed by atoms with Gasteiger partial charge in [-0.3, -0.25) is 19.8 Å². The molecule has 2 fully saturated rings. The number of rotatable bonds is 8. The van der Waals surface area contributed by atoms with E-state index in [1.54, 1.807) is 41.1 Å². The third-order valence-corrected chi connectivity index (χ3v) is 7.85. The van der Waals surface area contributed by atoms with Crippen LogP contribution in [-0.2, 0) is 9.59 Å². The van der Waals surface area contributed by atoms with Crippen molar-refractivity contribution in [3.8, 4) is 6.57 Å². The van der Waals surface area contributed by atoms with E-state index in [0.717, 1.165) is 26.2 Å². The SMILES string of the molecule is C#N.CSN1CCN(C2CC(C(=O)Nc3ccc(C(=O)O)cc3)N(C(=O)C3=CC=CC(NCN)C=C3)C2)CC1. The number of anilines is 1. The molecule has 39 heavy (non-hydrogen) atoms. The number of nitriles is 1. The molecule has 0 saturated carbocycles. The first-order valence-electron chi connectivity index (χ1n) is 12.6. The third kappa shape index (κ3) is 7.78. The smallest absolute Gasteiger partial charge is 0.335 e. The molecule has 208 valence electrons. The number of hydrogen-bond donors (Lipinski definition) is 4. The molecule has 4 rings (SSSR count). The van der Waals surface area contributed by atoms with Crippen LogP contribution in [-0.4, -0.2) is 101 Å². The van der Waals surface area contributed by atoms with Crippen molar-refractivity contribution in [2.24, 2.45) is 5.73 Å². The third-order valence-electron chi connectivity index (χ3n) is 6.97. The van der Waals surface area contributed by atoms with Gasteiger partial charge in [0, 0.05) is 69.3 Å². The summed E-state index contributed by atoms with van der Waals surface area (Å²) in [5.41, 5.74) is 6.73. The predicted octanol–water partition coefficient (Wildman–Crippen LogP) is 1.25. The molecule has 0 aromatic heterocycles. The van der Waals surface area contributed by atoms with Crippen molar-refractivity contribution < 1.29 is 19.5 Å². The first-order chi connectivity index (χ1) is 18.9. The van der Waals surface area contributed by atoms with E-state index < -0.39 is 12.0 Å². The highest BCUT2D eigenvalue weighted by Crippen LogP contribution is 2.27. The van der Waals surface area contributed by atoms with E-state index in [1.807, 2.05) is 18.2 Å². The van der Waals surface area contributed by atoms with Gasteiger partial charge in [0.2, 0.25) is 5.91 Å². The molecule has 11 nitrogen and oxygen atoms in total. The second kappa shape index (κ2) is 14.6. The van der Waals surface area contributed by atoms with E-state index >= 15 is 0 Å². The van der Waals surface area contributed by atoms with E-state index in [1.165, 1.54) is 12.1 Å². The van der Waals surface area contributed by atoms with Crippen molar-refractivity contribution in [2.45, 2.75) is 24.5 Å². The number of likely N-dealkylation sites (tertiary alicyclic amines) is 1. The van der Waals surface area contributed by atoms with Crippen molar-refractivity contribution in [1.29, 1.82) is 5.26 Å². The summed E-state index contributed by atoms with van der Waals surface area (Å²) < 4.78 is 2.32. The minimum Gasteiger partial charge on any atom is -0.478 e. The van der Waals surface area contributed by atoms with E-state index in [0.29, 0.717) is 30.9 Å². The van der Waals surface area contributed by atoms with E-state index in [2.05, 4.69) is 32.7 Å². The molecule has 3 atom stereocenters. The lowest BCUT2D eigenvalue weighted by Gasteiger charge is -2.36. The van der Waals surface area contributed by atoms with Gasteiger partial charge in [0.25, 0.3) is 5.91 Å². The van der Waals surface area contributed by atoms with Gasteiger partial charge in [-0.2, -0.15) is 0 Å². The monoisotopic (exact) mass is 553 g/mol. The van der Waals surface area contributed by atoms with Gasteiger partial charge in [0.1, 0.15) is 6.04 Å². The van der Waals surface area contributed by atoms with Crippen LogP contribution >= 0.6 is 11.9 Å². The number of carboxylic acid groups (broad SMARTS) is 1. The number of nitrogens with one attached hydrogen (secondary N) is 2. The van der Waals surface area contributed by atoms with Gasteiger partial charge in [0.15, 0.2) is 0 Å². The lowest BCUT2D eigenvalue weighted by atomic mass is 10.1. The summed E-state index contributed by atoms with van der Waals surface area (Å²) in [5.74, 6) is -1.50. The highest BCUT2D eigenvalue weighted by Gasteiger charge is 2.42. The first kappa shape index (κ1) is 30.1. The Morgan fingerprint density at radius 2 is 1.82 bits per heavy atom. The summed E-state index contributed by atoms with van der Waals surface area (Å²) in [7, 11) is 0. The van der Waals surface area contributed by atoms with Crippen LogP contribution in [0.25, 0.3) is 0 Å². The Balaban J connectivity index is 0.00000205. The maximum Gasteiger partial charge on any atom is 0.335 e. The average Bonchev–Trinajstić information content (AvgIpc) is 3.28. The molecule has 0 radical (unpaired) electrons. The molecule has 2 amide bonds. The van der Waals surface area contributed by atoms with Crippen molar-refractivity contribution >= 4 is 35.4 Å². The molecule has 0 spiro atoms. The molecule has 12 heteroatoms. The number of piperazine rings is 1. The maximum absolute atomic E-state index is 13.7. The highest BCUT2D eigenvalue weighted by molar-refractivity contribution is 7.96. The Morgan fingerprint density at radius 1 is 1.13 bits per heavy atom. The van der Waals surface area contributed by atoms with Crippen LogP contribution in [0, 0.1) is 11.8 Å². The Kier molecular flexibility index (Phi) is 11.3. The van der Waals surface area contributed by atoms with Gasteiger partial charge in [-0.25, -0.2) is 14.4 Å². The largest absolute Gasteiger partial charge is 0.478 e. The van der Waals surface area contributed by atoms with Gasteiger partial charge in [-0.15, -0.1) is 0 Å². The highest BCUT2D eigenvalue weighted by atomic mass is 32.2. The van der Waals surface area contributed by atoms with E-state index in [9.17, 15) is 14.4 Å². The van der Waals surface area contributed by atoms with Gasteiger partial charge in [0.05, 0.1) is 5.56 Å². The minimum atomic E-state index is -1.03. The number of amides is 2. The molecule has 1 aromatic carbocycles. The zero-order valence-corrected chi connectivity index (χ0v) is 22.7. The lowest BCUT2D eigenvalue weighted by molar-refractivity contribution is -0.133. The number of nitrogens with two attached hydrogens (primary N) is 1. The number of carboxylic acids is 1. The number of aromatic carboxylic acids is 1. The van der Waals surface area contributed by atoms with E-state index in [-0.39, 0.29) is 29.5 Å². The molecule has 3 aliphatic rings. The van der Waals surface area contributed by atoms with E-state index in [4.69, 9.17) is 16.1 Å². The molecule has 0 bridgehead atoms. The molecule has 1 aromatic rings. The minimum absolute atomic E-state index is 0.0709. The maximum atomic E-state index is 13.7. The summed E-state index contributed by atoms with van der Waals surface area (Å²) in [4.78, 5) is 42.3. The van der Waals surface area contributed by atoms with Gasteiger partial charge >= 0.3 is 5.97 Å². The van der Waals surface area contributed by atoms with Gasteiger partial charge in [-0.05, 0) is 43.0 Å². The fourth-order valence-electron chi connectivity index (χ4n) is 4.91. The van der Waals surface area contributed by atoms with Crippen molar-refractivity contribution in [2.75, 3.05) is 51.0 Å². The lowest BCUT2D eigenvalue weighted by Crippen LogP contribution is -2.49. The topological polar surface area (TPSA) is 155 Å². The van der Waals surface area contributed by atoms with Gasteiger partial charge < -0.3 is 21.1 Å². The van der Waals surface area contributed by atoms with Crippen LogP contribution in [0.4, 0.5) is 5.69 Å². The number of carbonyl (C=O) groups is 3. The quantitative estimate of drug-likeness (QED) is 0.273. The second-order valence-electron chi connectivity index (χ2n) is 9.18. The summed E-state index contributed by atoms with van der Waals surface area (Å²) in [6.07, 6.45) is 11.8. The number of carbonyl (C=O) groups excluding carboxylic acids is 2. The molecule has 5 N–H and O–H groups in total. The van der Waals surface area contributed by atoms with Crippen LogP contribution in [0.1, 0.15) is 16.8 Å². The molecule has 2 saturated heterocycles. The predicted molar refractivity (Wildman–Crippen MR) is 152 cm³/mol. The fourth-order valence-corrected chi connectivity index (χ4v) is 5.44. The van der Waals surface area contributed by atoms with Crippen molar-refractivity contribution in [3.63, 3.8) is 0 Å². The van der Waals surface area contributed by atoms with Crippen LogP contribution in [0.5, 0.6) is 0 Å². The first-order valence-corrected chi connectivity index (χ1v) is 13.8. The molecule has 2 heterocycles. The number of nitrogens with zero attached hydrogens (tertiary/aromatic N) is 4.